The lowest BCUT2D eigenvalue weighted by molar-refractivity contribution is 0.0937. The summed E-state index contributed by atoms with van der Waals surface area (Å²) >= 11 is 0. The molecule has 0 saturated carbocycles. The Morgan fingerprint density at radius 3 is 2.47 bits per heavy atom. The minimum absolute atomic E-state index is 0.141. The molecule has 1 aromatic rings. The molecule has 0 aliphatic carbocycles. The van der Waals surface area contributed by atoms with Crippen LogP contribution in [0.5, 0.6) is 0 Å². The highest BCUT2D eigenvalue weighted by atomic mass is 16.5. The van der Waals surface area contributed by atoms with Gasteiger partial charge in [0.25, 0.3) is 0 Å². The van der Waals surface area contributed by atoms with Crippen LogP contribution in [0.25, 0.3) is 0 Å². The Morgan fingerprint density at radius 1 is 1.00 bits per heavy atom. The SMILES string of the molecule is CCCCCCC(O)CCCOCc1ccccc1. The lowest BCUT2D eigenvalue weighted by Gasteiger charge is -2.10. The van der Waals surface area contributed by atoms with Crippen molar-refractivity contribution in [1.82, 2.24) is 0 Å². The van der Waals surface area contributed by atoms with Gasteiger partial charge in [0.2, 0.25) is 0 Å². The lowest BCUT2D eigenvalue weighted by Crippen LogP contribution is -2.08. The van der Waals surface area contributed by atoms with E-state index in [0.717, 1.165) is 32.3 Å². The number of hydrogen-bond acceptors (Lipinski definition) is 2. The third-order valence-corrected chi connectivity index (χ3v) is 3.33. The number of unbranched alkanes of at least 4 members (excludes halogenated alkanes) is 3. The summed E-state index contributed by atoms with van der Waals surface area (Å²) in [6.07, 6.45) is 7.55. The van der Waals surface area contributed by atoms with Gasteiger partial charge in [-0.25, -0.2) is 0 Å². The smallest absolute Gasteiger partial charge is 0.0716 e. The average molecular weight is 264 g/mol. The molecular weight excluding hydrogens is 236 g/mol. The molecule has 1 atom stereocenters. The quantitative estimate of drug-likeness (QED) is 0.603. The van der Waals surface area contributed by atoms with Crippen LogP contribution in [0.1, 0.15) is 57.4 Å². The Labute approximate surface area is 117 Å². The van der Waals surface area contributed by atoms with Gasteiger partial charge >= 0.3 is 0 Å². The minimum atomic E-state index is -0.141. The second kappa shape index (κ2) is 11.0. The molecule has 1 unspecified atom stereocenters. The Hall–Kier alpha value is -0.860. The molecule has 0 radical (unpaired) electrons. The first-order valence-corrected chi connectivity index (χ1v) is 7.62. The van der Waals surface area contributed by atoms with Crippen LogP contribution in [0.3, 0.4) is 0 Å². The van der Waals surface area contributed by atoms with Gasteiger partial charge in [-0.3, -0.25) is 0 Å². The van der Waals surface area contributed by atoms with Gasteiger partial charge in [-0.05, 0) is 24.8 Å². The van der Waals surface area contributed by atoms with Crippen LogP contribution in [0.4, 0.5) is 0 Å². The molecule has 2 nitrogen and oxygen atoms in total. The highest BCUT2D eigenvalue weighted by Gasteiger charge is 2.03. The highest BCUT2D eigenvalue weighted by Crippen LogP contribution is 2.10. The molecule has 1 aromatic carbocycles. The van der Waals surface area contributed by atoms with Gasteiger partial charge in [0.05, 0.1) is 12.7 Å². The first kappa shape index (κ1) is 16.2. The summed E-state index contributed by atoms with van der Waals surface area (Å²) in [4.78, 5) is 0. The van der Waals surface area contributed by atoms with E-state index < -0.39 is 0 Å². The van der Waals surface area contributed by atoms with Crippen LogP contribution >= 0.6 is 0 Å². The normalized spacial score (nSPS) is 12.5. The lowest BCUT2D eigenvalue weighted by atomic mass is 10.1. The Kier molecular flexibility index (Phi) is 9.38. The molecule has 0 aromatic heterocycles. The van der Waals surface area contributed by atoms with Crippen molar-refractivity contribution in [2.45, 2.75) is 64.6 Å². The summed E-state index contributed by atoms with van der Waals surface area (Å²) in [5.41, 5.74) is 1.21. The summed E-state index contributed by atoms with van der Waals surface area (Å²) in [5.74, 6) is 0. The summed E-state index contributed by atoms with van der Waals surface area (Å²) in [5, 5.41) is 9.81. The molecule has 0 spiro atoms. The molecule has 0 bridgehead atoms. The average Bonchev–Trinajstić information content (AvgIpc) is 2.44. The molecule has 2 heteroatoms. The number of ether oxygens (including phenoxy) is 1. The first-order chi connectivity index (χ1) is 9.33. The first-order valence-electron chi connectivity index (χ1n) is 7.62. The molecule has 1 rings (SSSR count). The molecule has 19 heavy (non-hydrogen) atoms. The summed E-state index contributed by atoms with van der Waals surface area (Å²) in [6, 6.07) is 10.2. The maximum Gasteiger partial charge on any atom is 0.0716 e. The van der Waals surface area contributed by atoms with Gasteiger partial charge in [0, 0.05) is 6.61 Å². The maximum atomic E-state index is 9.81. The topological polar surface area (TPSA) is 29.5 Å². The summed E-state index contributed by atoms with van der Waals surface area (Å²) in [7, 11) is 0. The summed E-state index contributed by atoms with van der Waals surface area (Å²) < 4.78 is 5.60. The van der Waals surface area contributed by atoms with Crippen molar-refractivity contribution < 1.29 is 9.84 Å². The van der Waals surface area contributed by atoms with Gasteiger partial charge < -0.3 is 9.84 Å². The third-order valence-electron chi connectivity index (χ3n) is 3.33. The van der Waals surface area contributed by atoms with Gasteiger partial charge in [0.15, 0.2) is 0 Å². The fourth-order valence-electron chi connectivity index (χ4n) is 2.14. The van der Waals surface area contributed by atoms with Crippen LogP contribution in [0.15, 0.2) is 30.3 Å². The number of hydrogen-bond donors (Lipinski definition) is 1. The summed E-state index contributed by atoms with van der Waals surface area (Å²) in [6.45, 7) is 3.62. The predicted octanol–water partition coefficient (Wildman–Crippen LogP) is 4.31. The molecule has 0 aliphatic heterocycles. The van der Waals surface area contributed by atoms with Gasteiger partial charge in [0.1, 0.15) is 0 Å². The van der Waals surface area contributed by atoms with Crippen molar-refractivity contribution in [1.29, 1.82) is 0 Å². The zero-order chi connectivity index (χ0) is 13.8. The van der Waals surface area contributed by atoms with Crippen LogP contribution in [0, 0.1) is 0 Å². The maximum absolute atomic E-state index is 9.81. The highest BCUT2D eigenvalue weighted by molar-refractivity contribution is 5.13. The van der Waals surface area contributed by atoms with Crippen molar-refractivity contribution in [3.8, 4) is 0 Å². The third kappa shape index (κ3) is 8.79. The van der Waals surface area contributed by atoms with Crippen molar-refractivity contribution in [2.75, 3.05) is 6.61 Å². The number of aliphatic hydroxyl groups excluding tert-OH is 1. The van der Waals surface area contributed by atoms with E-state index in [-0.39, 0.29) is 6.10 Å². The standard InChI is InChI=1S/C17H28O2/c1-2-3-4-8-12-17(18)13-9-14-19-15-16-10-6-5-7-11-16/h5-7,10-11,17-18H,2-4,8-9,12-15H2,1H3. The van der Waals surface area contributed by atoms with Gasteiger partial charge in [-0.1, -0.05) is 62.9 Å². The number of aliphatic hydroxyl groups is 1. The molecule has 108 valence electrons. The number of benzene rings is 1. The molecule has 1 N–H and O–H groups in total. The van der Waals surface area contributed by atoms with E-state index >= 15 is 0 Å². The monoisotopic (exact) mass is 264 g/mol. The number of rotatable bonds is 11. The van der Waals surface area contributed by atoms with E-state index in [4.69, 9.17) is 4.74 Å². The zero-order valence-electron chi connectivity index (χ0n) is 12.2. The fourth-order valence-corrected chi connectivity index (χ4v) is 2.14. The van der Waals surface area contributed by atoms with E-state index in [1.165, 1.54) is 24.8 Å². The van der Waals surface area contributed by atoms with E-state index in [2.05, 4.69) is 19.1 Å². The molecule has 0 heterocycles. The van der Waals surface area contributed by atoms with Crippen molar-refractivity contribution >= 4 is 0 Å². The fraction of sp³-hybridized carbons (Fsp3) is 0.647. The van der Waals surface area contributed by atoms with E-state index in [0.29, 0.717) is 6.61 Å². The van der Waals surface area contributed by atoms with E-state index in [9.17, 15) is 5.11 Å². The van der Waals surface area contributed by atoms with E-state index in [1.54, 1.807) is 0 Å². The van der Waals surface area contributed by atoms with Crippen molar-refractivity contribution in [2.24, 2.45) is 0 Å². The molecule has 0 saturated heterocycles. The Bertz CT molecular complexity index is 297. The van der Waals surface area contributed by atoms with Crippen molar-refractivity contribution in [3.05, 3.63) is 35.9 Å². The second-order valence-corrected chi connectivity index (χ2v) is 5.18. The molecule has 0 amide bonds. The Morgan fingerprint density at radius 2 is 1.74 bits per heavy atom. The van der Waals surface area contributed by atoms with Crippen LogP contribution in [-0.2, 0) is 11.3 Å². The van der Waals surface area contributed by atoms with Crippen LogP contribution in [0.2, 0.25) is 0 Å². The van der Waals surface area contributed by atoms with Gasteiger partial charge in [-0.15, -0.1) is 0 Å². The molecule has 0 aliphatic rings. The largest absolute Gasteiger partial charge is 0.393 e. The zero-order valence-corrected chi connectivity index (χ0v) is 12.2. The van der Waals surface area contributed by atoms with Crippen LogP contribution < -0.4 is 0 Å². The predicted molar refractivity (Wildman–Crippen MR) is 80.1 cm³/mol. The van der Waals surface area contributed by atoms with Crippen LogP contribution in [-0.4, -0.2) is 17.8 Å². The molecular formula is C17H28O2. The van der Waals surface area contributed by atoms with E-state index in [1.807, 2.05) is 18.2 Å². The molecule has 0 fully saturated rings. The van der Waals surface area contributed by atoms with Crippen molar-refractivity contribution in [3.63, 3.8) is 0 Å². The Balaban J connectivity index is 1.92. The minimum Gasteiger partial charge on any atom is -0.393 e. The second-order valence-electron chi connectivity index (χ2n) is 5.18. The van der Waals surface area contributed by atoms with Gasteiger partial charge in [-0.2, -0.15) is 0 Å².